The Bertz CT molecular complexity index is 1080. The number of rotatable bonds is 4. The van der Waals surface area contributed by atoms with E-state index in [-0.39, 0.29) is 12.2 Å². The highest BCUT2D eigenvalue weighted by molar-refractivity contribution is 7.89. The van der Waals surface area contributed by atoms with Crippen molar-refractivity contribution in [1.82, 2.24) is 14.3 Å². The summed E-state index contributed by atoms with van der Waals surface area (Å²) in [6.07, 6.45) is -2.70. The average Bonchev–Trinajstić information content (AvgIpc) is 3.03. The molecule has 0 saturated heterocycles. The molecule has 0 spiro atoms. The quantitative estimate of drug-likeness (QED) is 0.748. The van der Waals surface area contributed by atoms with E-state index < -0.39 is 21.8 Å². The minimum atomic E-state index is -4.46. The third kappa shape index (κ3) is 3.47. The lowest BCUT2D eigenvalue weighted by atomic mass is 10.1. The summed E-state index contributed by atoms with van der Waals surface area (Å²) in [5, 5.41) is 10.00. The van der Waals surface area contributed by atoms with Crippen molar-refractivity contribution in [2.75, 3.05) is 5.75 Å². The maximum Gasteiger partial charge on any atom is 0.416 e. The van der Waals surface area contributed by atoms with Gasteiger partial charge < -0.3 is 4.57 Å². The Balaban J connectivity index is 2.18. The number of aryl methyl sites for hydroxylation is 2. The van der Waals surface area contributed by atoms with Gasteiger partial charge in [0.05, 0.1) is 22.5 Å². The molecule has 0 aliphatic rings. The van der Waals surface area contributed by atoms with Crippen molar-refractivity contribution in [3.05, 3.63) is 47.3 Å². The van der Waals surface area contributed by atoms with Crippen LogP contribution in [0.15, 0.2) is 30.5 Å². The first-order valence-electron chi connectivity index (χ1n) is 7.69. The van der Waals surface area contributed by atoms with Crippen molar-refractivity contribution in [3.8, 4) is 5.82 Å². The Hall–Kier alpha value is -2.33. The summed E-state index contributed by atoms with van der Waals surface area (Å²) in [7, 11) is -2.02. The lowest BCUT2D eigenvalue weighted by Gasteiger charge is -2.11. The molecule has 0 saturated carbocycles. The number of aromatic nitrogens is 3. The molecule has 6 nitrogen and oxygen atoms in total. The van der Waals surface area contributed by atoms with Crippen LogP contribution in [0.2, 0.25) is 0 Å². The lowest BCUT2D eigenvalue weighted by molar-refractivity contribution is -0.137. The van der Waals surface area contributed by atoms with Crippen LogP contribution in [0.4, 0.5) is 13.2 Å². The van der Waals surface area contributed by atoms with E-state index in [9.17, 15) is 21.6 Å². The van der Waals surface area contributed by atoms with Gasteiger partial charge in [-0.1, -0.05) is 6.07 Å². The van der Waals surface area contributed by atoms with Crippen molar-refractivity contribution in [3.63, 3.8) is 0 Å². The molecule has 26 heavy (non-hydrogen) atoms. The molecular weight excluding hydrogens is 369 g/mol. The van der Waals surface area contributed by atoms with Crippen molar-refractivity contribution in [1.29, 1.82) is 0 Å². The van der Waals surface area contributed by atoms with Gasteiger partial charge in [0.25, 0.3) is 0 Å². The molecule has 1 aromatic carbocycles. The van der Waals surface area contributed by atoms with E-state index in [4.69, 9.17) is 5.14 Å². The van der Waals surface area contributed by atoms with E-state index in [2.05, 4.69) is 5.10 Å². The fourth-order valence-electron chi connectivity index (χ4n) is 3.02. The van der Waals surface area contributed by atoms with Gasteiger partial charge in [-0.15, -0.1) is 0 Å². The fourth-order valence-corrected chi connectivity index (χ4v) is 3.51. The van der Waals surface area contributed by atoms with Crippen LogP contribution >= 0.6 is 0 Å². The smallest absolute Gasteiger partial charge is 0.301 e. The molecule has 0 radical (unpaired) electrons. The number of nitrogens with two attached hydrogens (primary N) is 1. The summed E-state index contributed by atoms with van der Waals surface area (Å²) in [6, 6.07) is 5.20. The molecule has 2 aromatic heterocycles. The van der Waals surface area contributed by atoms with Gasteiger partial charge in [-0.05, 0) is 31.5 Å². The van der Waals surface area contributed by atoms with Crippen LogP contribution in [-0.4, -0.2) is 28.5 Å². The molecule has 0 unspecified atom stereocenters. The van der Waals surface area contributed by atoms with E-state index in [0.717, 1.165) is 12.1 Å². The lowest BCUT2D eigenvalue weighted by Crippen LogP contribution is -2.18. The topological polar surface area (TPSA) is 82.9 Å². The average molecular weight is 386 g/mol. The number of benzene rings is 1. The van der Waals surface area contributed by atoms with Gasteiger partial charge in [-0.25, -0.2) is 13.6 Å². The zero-order valence-electron chi connectivity index (χ0n) is 14.1. The Labute approximate surface area is 148 Å². The minimum absolute atomic E-state index is 0.118. The Kier molecular flexibility index (Phi) is 4.35. The molecule has 0 bridgehead atoms. The molecule has 0 amide bonds. The standard InChI is InChI=1S/C16H17F3N4O2S/c1-10-13(6-8-26(20,24)25)15(22(2)21-10)23-7-5-11-3-4-12(9-14(11)23)16(17,18)19/h3-5,7,9H,6,8H2,1-2H3,(H2,20,24,25). The zero-order valence-corrected chi connectivity index (χ0v) is 14.9. The summed E-state index contributed by atoms with van der Waals surface area (Å²) in [6.45, 7) is 1.72. The first kappa shape index (κ1) is 18.5. The number of hydrogen-bond acceptors (Lipinski definition) is 3. The second kappa shape index (κ2) is 6.13. The second-order valence-corrected chi connectivity index (χ2v) is 7.82. The summed E-state index contributed by atoms with van der Waals surface area (Å²) in [4.78, 5) is 0. The maximum atomic E-state index is 13.1. The summed E-state index contributed by atoms with van der Waals surface area (Å²) in [5.41, 5.74) is 0.825. The third-order valence-corrected chi connectivity index (χ3v) is 4.97. The second-order valence-electron chi connectivity index (χ2n) is 6.09. The number of primary sulfonamides is 1. The molecule has 0 aliphatic heterocycles. The SMILES string of the molecule is Cc1nn(C)c(-n2ccc3ccc(C(F)(F)F)cc32)c1CCS(N)(=O)=O. The highest BCUT2D eigenvalue weighted by Crippen LogP contribution is 2.33. The number of sulfonamides is 1. The predicted molar refractivity (Wildman–Crippen MR) is 91.5 cm³/mol. The van der Waals surface area contributed by atoms with E-state index >= 15 is 0 Å². The van der Waals surface area contributed by atoms with Gasteiger partial charge in [-0.2, -0.15) is 18.3 Å². The Morgan fingerprint density at radius 3 is 2.54 bits per heavy atom. The van der Waals surface area contributed by atoms with Gasteiger partial charge in [0.1, 0.15) is 5.82 Å². The number of nitrogens with zero attached hydrogens (tertiary/aromatic N) is 3. The van der Waals surface area contributed by atoms with Crippen molar-refractivity contribution < 1.29 is 21.6 Å². The first-order valence-corrected chi connectivity index (χ1v) is 9.40. The minimum Gasteiger partial charge on any atom is -0.301 e. The molecular formula is C16H17F3N4O2S. The van der Waals surface area contributed by atoms with Crippen LogP contribution in [0.3, 0.4) is 0 Å². The summed E-state index contributed by atoms with van der Waals surface area (Å²) in [5.74, 6) is 0.236. The van der Waals surface area contributed by atoms with Crippen LogP contribution in [0.1, 0.15) is 16.8 Å². The number of halogens is 3. The van der Waals surface area contributed by atoms with Crippen molar-refractivity contribution >= 4 is 20.9 Å². The summed E-state index contributed by atoms with van der Waals surface area (Å²) >= 11 is 0. The molecule has 0 fully saturated rings. The van der Waals surface area contributed by atoms with E-state index in [1.165, 1.54) is 10.7 Å². The fraction of sp³-hybridized carbons (Fsp3) is 0.312. The molecule has 2 N–H and O–H groups in total. The predicted octanol–water partition coefficient (Wildman–Crippen LogP) is 2.52. The number of fused-ring (bicyclic) bond motifs is 1. The van der Waals surface area contributed by atoms with Crippen LogP contribution in [0.5, 0.6) is 0 Å². The van der Waals surface area contributed by atoms with Crippen LogP contribution in [-0.2, 0) is 29.7 Å². The van der Waals surface area contributed by atoms with Crippen molar-refractivity contribution in [2.45, 2.75) is 19.5 Å². The van der Waals surface area contributed by atoms with Gasteiger partial charge in [0, 0.05) is 24.2 Å². The number of hydrogen-bond donors (Lipinski definition) is 1. The molecule has 3 rings (SSSR count). The molecule has 3 aromatic rings. The normalized spacial score (nSPS) is 12.8. The monoisotopic (exact) mass is 386 g/mol. The van der Waals surface area contributed by atoms with Crippen LogP contribution in [0, 0.1) is 6.92 Å². The van der Waals surface area contributed by atoms with E-state index in [1.807, 2.05) is 0 Å². The Morgan fingerprint density at radius 2 is 1.92 bits per heavy atom. The number of alkyl halides is 3. The molecule has 0 atom stereocenters. The largest absolute Gasteiger partial charge is 0.416 e. The van der Waals surface area contributed by atoms with Gasteiger partial charge in [0.2, 0.25) is 10.0 Å². The van der Waals surface area contributed by atoms with Gasteiger partial charge in [-0.3, -0.25) is 4.68 Å². The van der Waals surface area contributed by atoms with Crippen LogP contribution in [0.25, 0.3) is 16.7 Å². The van der Waals surface area contributed by atoms with Crippen molar-refractivity contribution in [2.24, 2.45) is 12.2 Å². The van der Waals surface area contributed by atoms with E-state index in [1.54, 1.807) is 30.8 Å². The van der Waals surface area contributed by atoms with Crippen LogP contribution < -0.4 is 5.14 Å². The van der Waals surface area contributed by atoms with Gasteiger partial charge in [0.15, 0.2) is 0 Å². The summed E-state index contributed by atoms with van der Waals surface area (Å²) < 4.78 is 64.9. The third-order valence-electron chi connectivity index (χ3n) is 4.20. The zero-order chi connectivity index (χ0) is 19.3. The molecule has 0 aliphatic carbocycles. The van der Waals surface area contributed by atoms with Gasteiger partial charge >= 0.3 is 6.18 Å². The highest BCUT2D eigenvalue weighted by atomic mass is 32.2. The van der Waals surface area contributed by atoms with E-state index in [0.29, 0.717) is 28.0 Å². The molecule has 2 heterocycles. The first-order chi connectivity index (χ1) is 12.0. The highest BCUT2D eigenvalue weighted by Gasteiger charge is 2.31. The molecule has 140 valence electrons. The Morgan fingerprint density at radius 1 is 1.23 bits per heavy atom. The maximum absolute atomic E-state index is 13.1. The molecule has 10 heteroatoms.